The largest absolute Gasteiger partial charge is 0.349 e. The van der Waals surface area contributed by atoms with Gasteiger partial charge in [0.05, 0.1) is 0 Å². The summed E-state index contributed by atoms with van der Waals surface area (Å²) in [6.45, 7) is 7.04. The van der Waals surface area contributed by atoms with Crippen LogP contribution in [0.3, 0.4) is 0 Å². The van der Waals surface area contributed by atoms with Crippen molar-refractivity contribution < 1.29 is 18.3 Å². The van der Waals surface area contributed by atoms with Crippen molar-refractivity contribution in [2.24, 2.45) is 0 Å². The first-order chi connectivity index (χ1) is 11.5. The fourth-order valence-electron chi connectivity index (χ4n) is 2.72. The van der Waals surface area contributed by atoms with Crippen molar-refractivity contribution in [1.82, 2.24) is 0 Å². The summed E-state index contributed by atoms with van der Waals surface area (Å²) < 4.78 is 36.9. The van der Waals surface area contributed by atoms with E-state index in [4.69, 9.17) is 9.47 Å². The summed E-state index contributed by atoms with van der Waals surface area (Å²) in [5.41, 5.74) is 4.10. The average molecular weight is 334 g/mol. The Bertz CT molecular complexity index is 650. The molecule has 4 heteroatoms. The molecule has 0 fully saturated rings. The number of halogens is 2. The minimum absolute atomic E-state index is 0.0635. The van der Waals surface area contributed by atoms with Crippen LogP contribution in [0.2, 0.25) is 0 Å². The topological polar surface area (TPSA) is 18.5 Å². The maximum atomic E-state index is 12.8. The molecule has 0 atom stereocenters. The zero-order valence-electron chi connectivity index (χ0n) is 14.4. The standard InChI is InChI=1S/C20H24F2O2/c1-4-23-20(24-5-2)18-10-9-16(11-14(18)3)12-15-7-6-8-17(13-15)19(21)22/h6-11,13,19-20H,4-5,12H2,1-3H3. The van der Waals surface area contributed by atoms with Crippen molar-refractivity contribution in [2.75, 3.05) is 13.2 Å². The summed E-state index contributed by atoms with van der Waals surface area (Å²) >= 11 is 0. The van der Waals surface area contributed by atoms with Crippen LogP contribution in [0.1, 0.15) is 54.4 Å². The molecule has 2 nitrogen and oxygen atoms in total. The Hall–Kier alpha value is -1.78. The van der Waals surface area contributed by atoms with Gasteiger partial charge in [-0.15, -0.1) is 0 Å². The van der Waals surface area contributed by atoms with Gasteiger partial charge in [0.25, 0.3) is 6.43 Å². The minimum Gasteiger partial charge on any atom is -0.349 e. The van der Waals surface area contributed by atoms with Gasteiger partial charge in [-0.05, 0) is 49.9 Å². The minimum atomic E-state index is -2.44. The second-order valence-electron chi connectivity index (χ2n) is 5.66. The quantitative estimate of drug-likeness (QED) is 0.585. The predicted molar refractivity (Wildman–Crippen MR) is 91.4 cm³/mol. The number of aryl methyl sites for hydroxylation is 1. The molecule has 0 saturated carbocycles. The molecule has 0 aliphatic heterocycles. The first-order valence-electron chi connectivity index (χ1n) is 8.24. The van der Waals surface area contributed by atoms with E-state index < -0.39 is 6.43 Å². The van der Waals surface area contributed by atoms with Crippen molar-refractivity contribution in [2.45, 2.75) is 39.9 Å². The van der Waals surface area contributed by atoms with Crippen LogP contribution < -0.4 is 0 Å². The van der Waals surface area contributed by atoms with Gasteiger partial charge >= 0.3 is 0 Å². The Balaban J connectivity index is 2.18. The number of hydrogen-bond donors (Lipinski definition) is 0. The second-order valence-corrected chi connectivity index (χ2v) is 5.66. The molecule has 0 radical (unpaired) electrons. The summed E-state index contributed by atoms with van der Waals surface area (Å²) in [5.74, 6) is 0. The lowest BCUT2D eigenvalue weighted by Crippen LogP contribution is -2.10. The molecule has 0 aliphatic carbocycles. The Morgan fingerprint density at radius 1 is 0.917 bits per heavy atom. The van der Waals surface area contributed by atoms with Crippen LogP contribution in [-0.2, 0) is 15.9 Å². The Kier molecular flexibility index (Phi) is 6.88. The lowest BCUT2D eigenvalue weighted by Gasteiger charge is -2.20. The third kappa shape index (κ3) is 4.86. The maximum absolute atomic E-state index is 12.8. The van der Waals surface area contributed by atoms with Gasteiger partial charge < -0.3 is 9.47 Å². The molecule has 0 aliphatic rings. The van der Waals surface area contributed by atoms with E-state index in [1.165, 1.54) is 6.07 Å². The highest BCUT2D eigenvalue weighted by Gasteiger charge is 2.14. The van der Waals surface area contributed by atoms with Gasteiger partial charge in [-0.2, -0.15) is 0 Å². The lowest BCUT2D eigenvalue weighted by atomic mass is 9.98. The van der Waals surface area contributed by atoms with Crippen LogP contribution in [0.25, 0.3) is 0 Å². The van der Waals surface area contributed by atoms with E-state index in [-0.39, 0.29) is 11.9 Å². The molecule has 0 heterocycles. The van der Waals surface area contributed by atoms with E-state index in [2.05, 4.69) is 6.07 Å². The number of hydrogen-bond acceptors (Lipinski definition) is 2. The highest BCUT2D eigenvalue weighted by Crippen LogP contribution is 2.25. The summed E-state index contributed by atoms with van der Waals surface area (Å²) in [4.78, 5) is 0. The van der Waals surface area contributed by atoms with Crippen LogP contribution in [0.4, 0.5) is 8.78 Å². The molecule has 0 amide bonds. The van der Waals surface area contributed by atoms with Crippen molar-refractivity contribution in [3.05, 3.63) is 70.3 Å². The molecule has 0 bridgehead atoms. The zero-order chi connectivity index (χ0) is 17.5. The Morgan fingerprint density at radius 2 is 1.58 bits per heavy atom. The van der Waals surface area contributed by atoms with E-state index in [1.807, 2.05) is 39.0 Å². The fraction of sp³-hybridized carbons (Fsp3) is 0.400. The fourth-order valence-corrected chi connectivity index (χ4v) is 2.72. The Labute approximate surface area is 142 Å². The average Bonchev–Trinajstić information content (AvgIpc) is 2.55. The molecule has 0 aromatic heterocycles. The monoisotopic (exact) mass is 334 g/mol. The van der Waals surface area contributed by atoms with Crippen LogP contribution in [0.5, 0.6) is 0 Å². The molecule has 0 N–H and O–H groups in total. The highest BCUT2D eigenvalue weighted by molar-refractivity contribution is 5.36. The third-order valence-corrected chi connectivity index (χ3v) is 3.84. The van der Waals surface area contributed by atoms with Gasteiger partial charge in [-0.1, -0.05) is 36.4 Å². The molecule has 2 aromatic carbocycles. The summed E-state index contributed by atoms with van der Waals surface area (Å²) in [7, 11) is 0. The Morgan fingerprint density at radius 3 is 2.17 bits per heavy atom. The molecule has 24 heavy (non-hydrogen) atoms. The molecular weight excluding hydrogens is 310 g/mol. The van der Waals surface area contributed by atoms with Crippen molar-refractivity contribution >= 4 is 0 Å². The summed E-state index contributed by atoms with van der Waals surface area (Å²) in [6.07, 6.45) is -2.18. The molecule has 2 aromatic rings. The first kappa shape index (κ1) is 18.6. The zero-order valence-corrected chi connectivity index (χ0v) is 14.4. The summed E-state index contributed by atoms with van der Waals surface area (Å²) in [6, 6.07) is 12.6. The maximum Gasteiger partial charge on any atom is 0.263 e. The summed E-state index contributed by atoms with van der Waals surface area (Å²) in [5, 5.41) is 0. The van der Waals surface area contributed by atoms with E-state index >= 15 is 0 Å². The van der Waals surface area contributed by atoms with Gasteiger partial charge in [-0.3, -0.25) is 0 Å². The molecule has 130 valence electrons. The van der Waals surface area contributed by atoms with Crippen LogP contribution in [0.15, 0.2) is 42.5 Å². The molecular formula is C20H24F2O2. The van der Waals surface area contributed by atoms with Gasteiger partial charge in [0.1, 0.15) is 0 Å². The van der Waals surface area contributed by atoms with Crippen LogP contribution in [0, 0.1) is 6.92 Å². The molecule has 2 rings (SSSR count). The lowest BCUT2D eigenvalue weighted by molar-refractivity contribution is -0.140. The van der Waals surface area contributed by atoms with Crippen molar-refractivity contribution in [3.63, 3.8) is 0 Å². The van der Waals surface area contributed by atoms with E-state index in [9.17, 15) is 8.78 Å². The van der Waals surface area contributed by atoms with Gasteiger partial charge in [0.15, 0.2) is 6.29 Å². The molecule has 0 unspecified atom stereocenters. The number of ether oxygens (including phenoxy) is 2. The van der Waals surface area contributed by atoms with Gasteiger partial charge in [-0.25, -0.2) is 8.78 Å². The van der Waals surface area contributed by atoms with E-state index in [1.54, 1.807) is 12.1 Å². The van der Waals surface area contributed by atoms with Crippen LogP contribution >= 0.6 is 0 Å². The van der Waals surface area contributed by atoms with Crippen molar-refractivity contribution in [3.8, 4) is 0 Å². The molecule has 0 saturated heterocycles. The first-order valence-corrected chi connectivity index (χ1v) is 8.24. The van der Waals surface area contributed by atoms with Crippen LogP contribution in [-0.4, -0.2) is 13.2 Å². The predicted octanol–water partition coefficient (Wildman–Crippen LogP) is 5.60. The van der Waals surface area contributed by atoms with Crippen molar-refractivity contribution in [1.29, 1.82) is 0 Å². The van der Waals surface area contributed by atoms with E-state index in [0.717, 1.165) is 22.3 Å². The second kappa shape index (κ2) is 8.90. The smallest absolute Gasteiger partial charge is 0.263 e. The SMILES string of the molecule is CCOC(OCC)c1ccc(Cc2cccc(C(F)F)c2)cc1C. The van der Waals surface area contributed by atoms with Gasteiger partial charge in [0.2, 0.25) is 0 Å². The van der Waals surface area contributed by atoms with E-state index in [0.29, 0.717) is 19.6 Å². The number of benzene rings is 2. The number of rotatable bonds is 8. The third-order valence-electron chi connectivity index (χ3n) is 3.84. The normalized spacial score (nSPS) is 11.5. The highest BCUT2D eigenvalue weighted by atomic mass is 19.3. The number of alkyl halides is 2. The van der Waals surface area contributed by atoms with Gasteiger partial charge in [0, 0.05) is 24.3 Å². The molecule has 0 spiro atoms.